The molecule has 20 heavy (non-hydrogen) atoms. The molecule has 0 aliphatic rings. The van der Waals surface area contributed by atoms with Crippen molar-refractivity contribution < 1.29 is 19.5 Å². The Balaban J connectivity index is 2.81. The highest BCUT2D eigenvalue weighted by Gasteiger charge is 2.30. The number of carbonyl (C=O) groups excluding carboxylic acids is 1. The van der Waals surface area contributed by atoms with Crippen LogP contribution in [0, 0.1) is 0 Å². The van der Waals surface area contributed by atoms with Crippen molar-refractivity contribution in [2.75, 3.05) is 0 Å². The molecule has 0 fully saturated rings. The Hall–Kier alpha value is -1.30. The fraction of sp³-hybridized carbons (Fsp3) is 0.385. The second-order valence-corrected chi connectivity index (χ2v) is 5.11. The molecule has 5 nitrogen and oxygen atoms in total. The predicted molar refractivity (Wildman–Crippen MR) is 75.7 cm³/mol. The molecule has 0 aliphatic heterocycles. The first-order valence-electron chi connectivity index (χ1n) is 6.04. The maximum Gasteiger partial charge on any atom is 0.335 e. The molecule has 1 N–H and O–H groups in total. The fourth-order valence-corrected chi connectivity index (χ4v) is 1.76. The number of alkyl halides is 1. The highest BCUT2D eigenvalue weighted by atomic mass is 35.5. The van der Waals surface area contributed by atoms with Gasteiger partial charge in [0.1, 0.15) is 0 Å². The molecule has 0 aromatic heterocycles. The first-order valence-corrected chi connectivity index (χ1v) is 6.76. The minimum atomic E-state index is -1.07. The number of hydrogen-bond donors (Lipinski definition) is 1. The number of nitrogens with zero attached hydrogens (tertiary/aromatic N) is 1. The molecule has 110 valence electrons. The Kier molecular flexibility index (Phi) is 5.80. The van der Waals surface area contributed by atoms with Gasteiger partial charge in [0, 0.05) is 17.3 Å². The van der Waals surface area contributed by atoms with Crippen LogP contribution in [-0.4, -0.2) is 26.6 Å². The predicted octanol–water partition coefficient (Wildman–Crippen LogP) is 3.67. The lowest BCUT2D eigenvalue weighted by Gasteiger charge is -2.27. The third-order valence-corrected chi connectivity index (χ3v) is 3.66. The van der Waals surface area contributed by atoms with Crippen molar-refractivity contribution in [3.05, 3.63) is 35.4 Å². The number of aromatic carboxylic acids is 1. The van der Waals surface area contributed by atoms with Gasteiger partial charge in [-0.15, -0.1) is 4.58 Å². The van der Waals surface area contributed by atoms with Crippen LogP contribution >= 0.6 is 23.4 Å². The lowest BCUT2D eigenvalue weighted by molar-refractivity contribution is -0.130. The SMILES string of the molecule is CCC(Cl)(CC)ON(Cl)C(=O)c1ccc(C(=O)O)cc1. The van der Waals surface area contributed by atoms with Crippen LogP contribution in [0.3, 0.4) is 0 Å². The third-order valence-electron chi connectivity index (χ3n) is 2.84. The van der Waals surface area contributed by atoms with Crippen LogP contribution in [0.1, 0.15) is 47.4 Å². The van der Waals surface area contributed by atoms with Gasteiger partial charge in [-0.2, -0.15) is 0 Å². The zero-order valence-corrected chi connectivity index (χ0v) is 12.6. The summed E-state index contributed by atoms with van der Waals surface area (Å²) in [6.07, 6.45) is 0.943. The molecule has 1 aromatic rings. The van der Waals surface area contributed by atoms with Gasteiger partial charge in [0.15, 0.2) is 5.06 Å². The second kappa shape index (κ2) is 6.92. The van der Waals surface area contributed by atoms with E-state index in [-0.39, 0.29) is 11.1 Å². The molecule has 1 aromatic carbocycles. The molecule has 7 heteroatoms. The average Bonchev–Trinajstić information content (AvgIpc) is 2.46. The number of halogens is 2. The quantitative estimate of drug-likeness (QED) is 0.493. The van der Waals surface area contributed by atoms with Crippen LogP contribution in [0.4, 0.5) is 0 Å². The molecular formula is C13H15Cl2NO4. The number of benzene rings is 1. The lowest BCUT2D eigenvalue weighted by atomic mass is 10.1. The van der Waals surface area contributed by atoms with Gasteiger partial charge in [-0.1, -0.05) is 25.4 Å². The van der Waals surface area contributed by atoms with Crippen molar-refractivity contribution in [2.45, 2.75) is 31.7 Å². The third kappa shape index (κ3) is 4.10. The van der Waals surface area contributed by atoms with E-state index in [0.29, 0.717) is 17.4 Å². The van der Waals surface area contributed by atoms with Crippen molar-refractivity contribution in [1.29, 1.82) is 0 Å². The monoisotopic (exact) mass is 319 g/mol. The summed E-state index contributed by atoms with van der Waals surface area (Å²) in [6.45, 7) is 3.63. The van der Waals surface area contributed by atoms with Crippen molar-refractivity contribution >= 4 is 35.3 Å². The summed E-state index contributed by atoms with van der Waals surface area (Å²) in [5.41, 5.74) is 0.286. The molecule has 0 bridgehead atoms. The highest BCUT2D eigenvalue weighted by Crippen LogP contribution is 2.28. The van der Waals surface area contributed by atoms with Crippen molar-refractivity contribution in [1.82, 2.24) is 4.58 Å². The highest BCUT2D eigenvalue weighted by molar-refractivity contribution is 6.25. The van der Waals surface area contributed by atoms with Crippen molar-refractivity contribution in [3.8, 4) is 0 Å². The van der Waals surface area contributed by atoms with Gasteiger partial charge in [-0.25, -0.2) is 9.63 Å². The van der Waals surface area contributed by atoms with Crippen LogP contribution in [0.15, 0.2) is 24.3 Å². The lowest BCUT2D eigenvalue weighted by Crippen LogP contribution is -2.34. The Morgan fingerprint density at radius 3 is 2.05 bits per heavy atom. The van der Waals surface area contributed by atoms with E-state index in [9.17, 15) is 9.59 Å². The van der Waals surface area contributed by atoms with E-state index in [1.807, 2.05) is 13.8 Å². The number of amides is 1. The number of hydroxylamine groups is 1. The number of hydrogen-bond acceptors (Lipinski definition) is 3. The molecule has 0 atom stereocenters. The van der Waals surface area contributed by atoms with E-state index >= 15 is 0 Å². The minimum absolute atomic E-state index is 0.0809. The molecule has 0 unspecified atom stereocenters. The van der Waals surface area contributed by atoms with Crippen LogP contribution in [0.5, 0.6) is 0 Å². The van der Waals surface area contributed by atoms with E-state index in [2.05, 4.69) is 0 Å². The molecule has 0 saturated carbocycles. The number of carbonyl (C=O) groups is 2. The summed E-state index contributed by atoms with van der Waals surface area (Å²) in [5, 5.41) is 7.73. The molecule has 0 radical (unpaired) electrons. The maximum atomic E-state index is 12.0. The summed E-state index contributed by atoms with van der Waals surface area (Å²) in [4.78, 5) is 27.9. The van der Waals surface area contributed by atoms with Crippen LogP contribution in [0.25, 0.3) is 0 Å². The fourth-order valence-electron chi connectivity index (χ4n) is 1.42. The Labute approximate surface area is 127 Å². The molecule has 0 spiro atoms. The van der Waals surface area contributed by atoms with Gasteiger partial charge < -0.3 is 5.11 Å². The first-order chi connectivity index (χ1) is 9.33. The van der Waals surface area contributed by atoms with Gasteiger partial charge in [0.05, 0.1) is 5.56 Å². The molecule has 1 amide bonds. The van der Waals surface area contributed by atoms with Gasteiger partial charge >= 0.3 is 5.97 Å². The zero-order chi connectivity index (χ0) is 15.3. The first kappa shape index (κ1) is 16.8. The number of carboxylic acid groups (broad SMARTS) is 1. The second-order valence-electron chi connectivity index (χ2n) is 4.11. The Morgan fingerprint density at radius 2 is 1.65 bits per heavy atom. The molecule has 0 saturated heterocycles. The largest absolute Gasteiger partial charge is 0.478 e. The minimum Gasteiger partial charge on any atom is -0.478 e. The Bertz CT molecular complexity index is 486. The van der Waals surface area contributed by atoms with E-state index in [1.54, 1.807) is 0 Å². The van der Waals surface area contributed by atoms with Crippen molar-refractivity contribution in [3.63, 3.8) is 0 Å². The van der Waals surface area contributed by atoms with E-state index in [4.69, 9.17) is 33.3 Å². The van der Waals surface area contributed by atoms with E-state index in [1.165, 1.54) is 24.3 Å². The summed E-state index contributed by atoms with van der Waals surface area (Å²) < 4.78 is 0.551. The van der Waals surface area contributed by atoms with Gasteiger partial charge in [0.2, 0.25) is 0 Å². The van der Waals surface area contributed by atoms with Gasteiger partial charge in [0.25, 0.3) is 5.91 Å². The molecule has 0 heterocycles. The number of rotatable bonds is 6. The smallest absolute Gasteiger partial charge is 0.335 e. The van der Waals surface area contributed by atoms with Crippen molar-refractivity contribution in [2.24, 2.45) is 0 Å². The summed E-state index contributed by atoms with van der Waals surface area (Å²) in [7, 11) is 0. The van der Waals surface area contributed by atoms with Crippen LogP contribution in [-0.2, 0) is 4.84 Å². The summed E-state index contributed by atoms with van der Waals surface area (Å²) in [6, 6.07) is 5.35. The molecule has 1 rings (SSSR count). The average molecular weight is 320 g/mol. The number of carboxylic acids is 1. The van der Waals surface area contributed by atoms with Crippen LogP contribution in [0.2, 0.25) is 0 Å². The molecule has 0 aliphatic carbocycles. The standard InChI is InChI=1S/C13H15Cl2NO4/c1-3-13(14,4-2)20-16(15)11(17)9-5-7-10(8-6-9)12(18)19/h5-8H,3-4H2,1-2H3,(H,18,19). The molecular weight excluding hydrogens is 305 g/mol. The van der Waals surface area contributed by atoms with Crippen LogP contribution < -0.4 is 0 Å². The maximum absolute atomic E-state index is 12.0. The van der Waals surface area contributed by atoms with E-state index < -0.39 is 16.9 Å². The van der Waals surface area contributed by atoms with Gasteiger partial charge in [-0.3, -0.25) is 4.79 Å². The van der Waals surface area contributed by atoms with E-state index in [0.717, 1.165) is 0 Å². The van der Waals surface area contributed by atoms with Gasteiger partial charge in [-0.05, 0) is 37.1 Å². The summed E-state index contributed by atoms with van der Waals surface area (Å²) in [5.74, 6) is -1.68. The zero-order valence-electron chi connectivity index (χ0n) is 11.1. The Morgan fingerprint density at radius 1 is 1.20 bits per heavy atom. The normalized spacial score (nSPS) is 11.2. The summed E-state index contributed by atoms with van der Waals surface area (Å²) >= 11 is 11.9. The topological polar surface area (TPSA) is 66.8 Å².